The van der Waals surface area contributed by atoms with Crippen molar-refractivity contribution in [1.82, 2.24) is 0 Å². The Bertz CT molecular complexity index is 2430. The van der Waals surface area contributed by atoms with Crippen molar-refractivity contribution in [2.45, 2.75) is 250 Å². The van der Waals surface area contributed by atoms with Gasteiger partial charge >= 0.3 is 48.1 Å². The SMILES string of the molecule is C=C(C)C(=O)OCC(=O)OC12CC3CC(C1)CC(OC(=O)OCC1CC(CC(=O)OC(C)(C)C)OC(C)(C)O1)(C3)C2.C=C(C)C(=O)OCC(=O)OC12CC3CC(CC(COC(=O)OCC4CC(CC(=O)OC(C)(C)C)OC(C)(C)O4)(C3)C1)C2. The Morgan fingerprint density at radius 2 is 0.807 bits per heavy atom. The van der Waals surface area contributed by atoms with Crippen LogP contribution in [-0.4, -0.2) is 145 Å². The van der Waals surface area contributed by atoms with Gasteiger partial charge in [-0.25, -0.2) is 28.8 Å². The third-order valence-electron chi connectivity index (χ3n) is 16.1. The van der Waals surface area contributed by atoms with Crippen molar-refractivity contribution in [3.8, 4) is 0 Å². The van der Waals surface area contributed by atoms with Crippen LogP contribution in [0.2, 0.25) is 0 Å². The number of carbonyl (C=O) groups is 8. The van der Waals surface area contributed by atoms with Gasteiger partial charge in [0.05, 0.1) is 37.3 Å². The fourth-order valence-electron chi connectivity index (χ4n) is 14.8. The lowest BCUT2D eigenvalue weighted by molar-refractivity contribution is -0.305. The molecule has 2 saturated heterocycles. The smallest absolute Gasteiger partial charge is 0.460 e. The van der Waals surface area contributed by atoms with Gasteiger partial charge in [-0.05, 0) is 177 Å². The predicted molar refractivity (Wildman–Crippen MR) is 291 cm³/mol. The lowest BCUT2D eigenvalue weighted by atomic mass is 9.48. The minimum atomic E-state index is -0.974. The highest BCUT2D eigenvalue weighted by molar-refractivity contribution is 5.89. The molecule has 8 atom stereocenters. The molecule has 466 valence electrons. The topological polar surface area (TPSA) is 266 Å². The number of esters is 6. The zero-order valence-corrected chi connectivity index (χ0v) is 50.9. The van der Waals surface area contributed by atoms with Crippen LogP contribution in [0.3, 0.4) is 0 Å². The second-order valence-corrected chi connectivity index (χ2v) is 28.0. The highest BCUT2D eigenvalue weighted by Gasteiger charge is 2.63. The molecule has 0 aromatic heterocycles. The highest BCUT2D eigenvalue weighted by atomic mass is 16.8. The summed E-state index contributed by atoms with van der Waals surface area (Å²) in [6, 6.07) is 0. The molecule has 0 N–H and O–H groups in total. The summed E-state index contributed by atoms with van der Waals surface area (Å²) in [7, 11) is 0. The Balaban J connectivity index is 0.000000239. The molecule has 8 bridgehead atoms. The molecule has 0 aromatic rings. The average Bonchev–Trinajstić information content (AvgIpc) is 1.06. The summed E-state index contributed by atoms with van der Waals surface area (Å²) in [5, 5.41) is 0. The molecule has 8 unspecified atom stereocenters. The summed E-state index contributed by atoms with van der Waals surface area (Å²) in [5.74, 6) is -3.91. The zero-order valence-electron chi connectivity index (χ0n) is 50.9. The normalized spacial score (nSPS) is 33.2. The van der Waals surface area contributed by atoms with E-state index in [4.69, 9.17) is 66.3 Å². The Morgan fingerprint density at radius 3 is 1.20 bits per heavy atom. The zero-order chi connectivity index (χ0) is 61.1. The molecule has 10 rings (SSSR count). The Hall–Kier alpha value is -5.32. The molecular weight excluding hydrogens is 1080 g/mol. The summed E-state index contributed by atoms with van der Waals surface area (Å²) >= 11 is 0. The van der Waals surface area contributed by atoms with Gasteiger partial charge in [-0.1, -0.05) is 13.2 Å². The molecule has 10 fully saturated rings. The molecule has 83 heavy (non-hydrogen) atoms. The Kier molecular flexibility index (Phi) is 19.9. The van der Waals surface area contributed by atoms with Gasteiger partial charge in [0.15, 0.2) is 24.8 Å². The number of rotatable bonds is 19. The maximum absolute atomic E-state index is 12.9. The number of hydrogen-bond donors (Lipinski definition) is 0. The van der Waals surface area contributed by atoms with E-state index in [1.807, 2.05) is 20.8 Å². The second kappa shape index (κ2) is 25.3. The van der Waals surface area contributed by atoms with Gasteiger partial charge in [0, 0.05) is 35.8 Å². The molecule has 0 aromatic carbocycles. The van der Waals surface area contributed by atoms with Gasteiger partial charge in [-0.3, -0.25) is 9.59 Å². The number of carbonyl (C=O) groups excluding carboxylic acids is 8. The first-order valence-electron chi connectivity index (χ1n) is 29.3. The van der Waals surface area contributed by atoms with E-state index in [0.29, 0.717) is 63.2 Å². The summed E-state index contributed by atoms with van der Waals surface area (Å²) in [6.07, 6.45) is 6.44. The maximum Gasteiger partial charge on any atom is 0.508 e. The molecule has 22 nitrogen and oxygen atoms in total. The van der Waals surface area contributed by atoms with Crippen LogP contribution in [0.4, 0.5) is 9.59 Å². The van der Waals surface area contributed by atoms with Crippen LogP contribution in [0, 0.1) is 29.1 Å². The molecule has 0 spiro atoms. The predicted octanol–water partition coefficient (Wildman–Crippen LogP) is 9.32. The molecule has 0 radical (unpaired) electrons. The van der Waals surface area contributed by atoms with Gasteiger partial charge in [-0.2, -0.15) is 0 Å². The lowest BCUT2D eigenvalue weighted by Crippen LogP contribution is -2.62. The summed E-state index contributed by atoms with van der Waals surface area (Å²) in [6.45, 7) is 27.0. The second-order valence-electron chi connectivity index (χ2n) is 28.0. The number of ether oxygens (including phenoxy) is 14. The molecule has 22 heteroatoms. The quantitative estimate of drug-likeness (QED) is 0.0662. The van der Waals surface area contributed by atoms with Gasteiger partial charge in [-0.15, -0.1) is 0 Å². The van der Waals surface area contributed by atoms with Gasteiger partial charge in [0.2, 0.25) is 0 Å². The summed E-state index contributed by atoms with van der Waals surface area (Å²) in [5.41, 5.74) is -3.27. The van der Waals surface area contributed by atoms with E-state index in [2.05, 4.69) is 13.2 Å². The molecule has 0 amide bonds. The number of hydrogen-bond acceptors (Lipinski definition) is 22. The van der Waals surface area contributed by atoms with Crippen LogP contribution >= 0.6 is 0 Å². The molecular formula is C61H90O22. The summed E-state index contributed by atoms with van der Waals surface area (Å²) in [4.78, 5) is 98.8. The third kappa shape index (κ3) is 19.1. The maximum atomic E-state index is 12.9. The van der Waals surface area contributed by atoms with Crippen molar-refractivity contribution in [2.24, 2.45) is 29.1 Å². The highest BCUT2D eigenvalue weighted by Crippen LogP contribution is 2.63. The van der Waals surface area contributed by atoms with Crippen molar-refractivity contribution >= 4 is 48.1 Å². The minimum Gasteiger partial charge on any atom is -0.460 e. The van der Waals surface area contributed by atoms with Crippen LogP contribution < -0.4 is 0 Å². The third-order valence-corrected chi connectivity index (χ3v) is 16.1. The van der Waals surface area contributed by atoms with Crippen LogP contribution in [0.1, 0.15) is 186 Å². The molecule has 8 aliphatic carbocycles. The van der Waals surface area contributed by atoms with Gasteiger partial charge < -0.3 is 66.3 Å². The fraction of sp³-hybridized carbons (Fsp3) is 0.803. The van der Waals surface area contributed by atoms with Gasteiger partial charge in [0.25, 0.3) is 0 Å². The van der Waals surface area contributed by atoms with Gasteiger partial charge in [0.1, 0.15) is 47.8 Å². The Labute approximate surface area is 487 Å². The van der Waals surface area contributed by atoms with Crippen LogP contribution in [0.5, 0.6) is 0 Å². The molecule has 2 heterocycles. The van der Waals surface area contributed by atoms with Crippen molar-refractivity contribution < 1.29 is 105 Å². The van der Waals surface area contributed by atoms with Crippen LogP contribution in [0.25, 0.3) is 0 Å². The monoisotopic (exact) mass is 1170 g/mol. The van der Waals surface area contributed by atoms with E-state index in [-0.39, 0.29) is 73.0 Å². The summed E-state index contributed by atoms with van der Waals surface area (Å²) < 4.78 is 78.8. The Morgan fingerprint density at radius 1 is 0.446 bits per heavy atom. The first-order chi connectivity index (χ1) is 38.4. The van der Waals surface area contributed by atoms with Crippen LogP contribution in [0.15, 0.2) is 24.3 Å². The largest absolute Gasteiger partial charge is 0.508 e. The van der Waals surface area contributed by atoms with Crippen molar-refractivity contribution in [2.75, 3.05) is 33.0 Å². The van der Waals surface area contributed by atoms with Crippen molar-refractivity contribution in [3.63, 3.8) is 0 Å². The van der Waals surface area contributed by atoms with E-state index in [1.54, 1.807) is 48.5 Å². The average molecular weight is 1180 g/mol. The van der Waals surface area contributed by atoms with E-state index >= 15 is 0 Å². The standard InChI is InChI=1S/C31H46O11.C30H44O11/c1-19(2)26(34)36-16-25(33)42-31-13-20-8-21(14-31)12-30(11-20,17-31)18-38-27(35)37-15-23-9-22(39-29(6,7)40-23)10-24(32)41-28(3,4)5;1-18(2)25(33)35-16-24(32)40-29-11-19-8-20(12-29)14-30(13-19,17-29)41-26(34)36-15-22-9-21(37-28(6,7)38-22)10-23(31)39-27(3,4)5/h20-23H,1,8-18H2,2-7H3;19-22H,1,8-17H2,2-7H3. The van der Waals surface area contributed by atoms with Crippen molar-refractivity contribution in [3.05, 3.63) is 24.3 Å². The fourth-order valence-corrected chi connectivity index (χ4v) is 14.8. The van der Waals surface area contributed by atoms with Crippen LogP contribution in [-0.2, 0) is 95.1 Å². The molecule has 10 aliphatic rings. The van der Waals surface area contributed by atoms with E-state index in [1.165, 1.54) is 13.8 Å². The molecule has 8 saturated carbocycles. The first-order valence-corrected chi connectivity index (χ1v) is 29.3. The van der Waals surface area contributed by atoms with Crippen molar-refractivity contribution in [1.29, 1.82) is 0 Å². The lowest BCUT2D eigenvalue weighted by Gasteiger charge is -2.60. The molecule has 2 aliphatic heterocycles. The minimum absolute atomic E-state index is 0.0425. The first kappa shape index (κ1) is 65.2. The van der Waals surface area contributed by atoms with E-state index in [0.717, 1.165) is 38.5 Å². The van der Waals surface area contributed by atoms with E-state index < -0.39 is 113 Å². The van der Waals surface area contributed by atoms with E-state index in [9.17, 15) is 38.4 Å².